The molecule has 5 nitrogen and oxygen atoms in total. The Hall–Kier alpha value is -1.67. The Kier molecular flexibility index (Phi) is 4.68. The Morgan fingerprint density at radius 1 is 1.33 bits per heavy atom. The molecule has 15 heavy (non-hydrogen) atoms. The number of carboxylic acid groups (broad SMARTS) is 1. The lowest BCUT2D eigenvalue weighted by Crippen LogP contribution is -2.07. The van der Waals surface area contributed by atoms with Gasteiger partial charge in [-0.25, -0.2) is 9.78 Å². The van der Waals surface area contributed by atoms with Gasteiger partial charge in [-0.3, -0.25) is 11.7 Å². The first-order valence-electron chi connectivity index (χ1n) is 3.51. The molecule has 0 aliphatic carbocycles. The quantitative estimate of drug-likeness (QED) is 0.478. The summed E-state index contributed by atoms with van der Waals surface area (Å²) in [6, 6.07) is 1.49. The lowest BCUT2D eigenvalue weighted by Gasteiger charge is -2.04. The van der Waals surface area contributed by atoms with Crippen LogP contribution in [0.25, 0.3) is 0 Å². The molecule has 0 radical (unpaired) electrons. The van der Waals surface area contributed by atoms with E-state index < -0.39 is 23.4 Å². The van der Waals surface area contributed by atoms with Crippen LogP contribution in [0.4, 0.5) is 13.2 Å². The second kappa shape index (κ2) is 5.27. The molecule has 0 atom stereocenters. The number of halogens is 3. The maximum absolute atomic E-state index is 11.9. The number of carboxylic acids is 1. The SMILES string of the molecule is NN.O=C(O)c1ccc(C(F)(F)F)cn1. The molecule has 0 bridgehead atoms. The molecule has 1 rings (SSSR count). The molecule has 84 valence electrons. The van der Waals surface area contributed by atoms with Crippen LogP contribution in [-0.2, 0) is 6.18 Å². The topological polar surface area (TPSA) is 102 Å². The number of nitrogens with two attached hydrogens (primary N) is 2. The van der Waals surface area contributed by atoms with E-state index in [-0.39, 0.29) is 0 Å². The van der Waals surface area contributed by atoms with E-state index >= 15 is 0 Å². The molecule has 0 fully saturated rings. The summed E-state index contributed by atoms with van der Waals surface area (Å²) in [5.74, 6) is 6.65. The summed E-state index contributed by atoms with van der Waals surface area (Å²) in [6.07, 6.45) is -3.99. The molecule has 0 saturated heterocycles. The highest BCUT2D eigenvalue weighted by Crippen LogP contribution is 2.28. The van der Waals surface area contributed by atoms with Gasteiger partial charge < -0.3 is 5.11 Å². The number of aromatic nitrogens is 1. The number of nitrogens with zero attached hydrogens (tertiary/aromatic N) is 1. The van der Waals surface area contributed by atoms with Crippen molar-refractivity contribution < 1.29 is 23.1 Å². The zero-order chi connectivity index (χ0) is 12.1. The maximum atomic E-state index is 11.9. The average molecular weight is 223 g/mol. The Morgan fingerprint density at radius 2 is 1.87 bits per heavy atom. The van der Waals surface area contributed by atoms with Crippen molar-refractivity contribution in [2.75, 3.05) is 0 Å². The van der Waals surface area contributed by atoms with Gasteiger partial charge in [0.25, 0.3) is 0 Å². The molecule has 0 spiro atoms. The van der Waals surface area contributed by atoms with E-state index in [0.717, 1.165) is 6.07 Å². The highest BCUT2D eigenvalue weighted by atomic mass is 19.4. The van der Waals surface area contributed by atoms with Gasteiger partial charge in [-0.1, -0.05) is 0 Å². The fraction of sp³-hybridized carbons (Fsp3) is 0.143. The second-order valence-corrected chi connectivity index (χ2v) is 2.24. The molecule has 1 heterocycles. The van der Waals surface area contributed by atoms with Gasteiger partial charge in [0.1, 0.15) is 5.69 Å². The van der Waals surface area contributed by atoms with Crippen molar-refractivity contribution in [2.45, 2.75) is 6.18 Å². The fourth-order valence-corrected chi connectivity index (χ4v) is 0.688. The Balaban J connectivity index is 0.000000921. The van der Waals surface area contributed by atoms with Crippen molar-refractivity contribution in [3.8, 4) is 0 Å². The first-order chi connectivity index (χ1) is 6.91. The largest absolute Gasteiger partial charge is 0.477 e. The third-order valence-corrected chi connectivity index (χ3v) is 1.31. The normalized spacial score (nSPS) is 10.2. The van der Waals surface area contributed by atoms with Gasteiger partial charge in [0.2, 0.25) is 0 Å². The molecule has 0 amide bonds. The van der Waals surface area contributed by atoms with Gasteiger partial charge in [0.15, 0.2) is 0 Å². The van der Waals surface area contributed by atoms with Crippen LogP contribution in [0.1, 0.15) is 16.1 Å². The number of hydrazine groups is 1. The van der Waals surface area contributed by atoms with Gasteiger partial charge in [-0.05, 0) is 12.1 Å². The molecule has 5 N–H and O–H groups in total. The first-order valence-corrected chi connectivity index (χ1v) is 3.51. The number of hydrogen-bond acceptors (Lipinski definition) is 4. The molecular formula is C7H8F3N3O2. The molecule has 0 saturated carbocycles. The van der Waals surface area contributed by atoms with E-state index in [4.69, 9.17) is 5.11 Å². The lowest BCUT2D eigenvalue weighted by atomic mass is 10.2. The van der Waals surface area contributed by atoms with E-state index in [2.05, 4.69) is 16.7 Å². The summed E-state index contributed by atoms with van der Waals surface area (Å²) in [7, 11) is 0. The number of rotatable bonds is 1. The van der Waals surface area contributed by atoms with E-state index in [0.29, 0.717) is 12.3 Å². The summed E-state index contributed by atoms with van der Waals surface area (Å²) in [4.78, 5) is 13.3. The zero-order valence-corrected chi connectivity index (χ0v) is 7.32. The Morgan fingerprint density at radius 3 is 2.13 bits per heavy atom. The zero-order valence-electron chi connectivity index (χ0n) is 7.32. The Bertz CT molecular complexity index is 323. The Labute approximate surface area is 82.5 Å². The summed E-state index contributed by atoms with van der Waals surface area (Å²) in [6.45, 7) is 0. The summed E-state index contributed by atoms with van der Waals surface area (Å²) < 4.78 is 35.8. The predicted molar refractivity (Wildman–Crippen MR) is 44.6 cm³/mol. The van der Waals surface area contributed by atoms with Crippen LogP contribution >= 0.6 is 0 Å². The van der Waals surface area contributed by atoms with Crippen LogP contribution in [0, 0.1) is 0 Å². The van der Waals surface area contributed by atoms with Crippen LogP contribution < -0.4 is 11.7 Å². The minimum Gasteiger partial charge on any atom is -0.477 e. The lowest BCUT2D eigenvalue weighted by molar-refractivity contribution is -0.137. The van der Waals surface area contributed by atoms with E-state index in [1.54, 1.807) is 0 Å². The smallest absolute Gasteiger partial charge is 0.417 e. The van der Waals surface area contributed by atoms with Crippen LogP contribution in [-0.4, -0.2) is 16.1 Å². The van der Waals surface area contributed by atoms with Gasteiger partial charge in [-0.15, -0.1) is 0 Å². The molecule has 8 heteroatoms. The van der Waals surface area contributed by atoms with Crippen molar-refractivity contribution >= 4 is 5.97 Å². The van der Waals surface area contributed by atoms with Crippen molar-refractivity contribution in [3.05, 3.63) is 29.6 Å². The third kappa shape index (κ3) is 3.92. The van der Waals surface area contributed by atoms with Gasteiger partial charge in [0.05, 0.1) is 5.56 Å². The molecular weight excluding hydrogens is 215 g/mol. The van der Waals surface area contributed by atoms with Crippen molar-refractivity contribution in [1.29, 1.82) is 0 Å². The number of alkyl halides is 3. The number of hydrogen-bond donors (Lipinski definition) is 3. The molecule has 0 aliphatic heterocycles. The molecule has 0 aromatic carbocycles. The summed E-state index contributed by atoms with van der Waals surface area (Å²) in [5, 5.41) is 8.33. The van der Waals surface area contributed by atoms with E-state index in [1.807, 2.05) is 0 Å². The first kappa shape index (κ1) is 13.3. The predicted octanol–water partition coefficient (Wildman–Crippen LogP) is 0.617. The van der Waals surface area contributed by atoms with Gasteiger partial charge >= 0.3 is 12.1 Å². The number of aromatic carboxylic acids is 1. The van der Waals surface area contributed by atoms with Gasteiger partial charge in [0, 0.05) is 6.20 Å². The van der Waals surface area contributed by atoms with E-state index in [1.165, 1.54) is 0 Å². The van der Waals surface area contributed by atoms with Crippen LogP contribution in [0.3, 0.4) is 0 Å². The summed E-state index contributed by atoms with van der Waals surface area (Å²) >= 11 is 0. The molecule has 0 aliphatic rings. The minimum absolute atomic E-state index is 0.409. The third-order valence-electron chi connectivity index (χ3n) is 1.31. The van der Waals surface area contributed by atoms with E-state index in [9.17, 15) is 18.0 Å². The van der Waals surface area contributed by atoms with Crippen molar-refractivity contribution in [1.82, 2.24) is 4.98 Å². The van der Waals surface area contributed by atoms with Crippen LogP contribution in [0.2, 0.25) is 0 Å². The van der Waals surface area contributed by atoms with Crippen LogP contribution in [0.5, 0.6) is 0 Å². The van der Waals surface area contributed by atoms with Crippen molar-refractivity contribution in [3.63, 3.8) is 0 Å². The van der Waals surface area contributed by atoms with Crippen molar-refractivity contribution in [2.24, 2.45) is 11.7 Å². The number of pyridine rings is 1. The standard InChI is InChI=1S/C7H4F3NO2.H4N2/c8-7(9,10)4-1-2-5(6(12)13)11-3-4;1-2/h1-3H,(H,12,13);1-2H2. The van der Waals surface area contributed by atoms with Gasteiger partial charge in [-0.2, -0.15) is 13.2 Å². The summed E-state index contributed by atoms with van der Waals surface area (Å²) in [5.41, 5.74) is -1.37. The minimum atomic E-state index is -4.48. The van der Waals surface area contributed by atoms with Crippen LogP contribution in [0.15, 0.2) is 18.3 Å². The molecule has 1 aromatic heterocycles. The fourth-order valence-electron chi connectivity index (χ4n) is 0.688. The number of carbonyl (C=O) groups is 1. The average Bonchev–Trinajstić information content (AvgIpc) is 2.20. The molecule has 1 aromatic rings. The monoisotopic (exact) mass is 223 g/mol. The maximum Gasteiger partial charge on any atom is 0.417 e. The highest BCUT2D eigenvalue weighted by Gasteiger charge is 2.30. The molecule has 0 unspecified atom stereocenters. The highest BCUT2D eigenvalue weighted by molar-refractivity contribution is 5.85. The second-order valence-electron chi connectivity index (χ2n) is 2.24.